The van der Waals surface area contributed by atoms with E-state index in [0.717, 1.165) is 19.6 Å². The first-order valence-electron chi connectivity index (χ1n) is 4.67. The maximum Gasteiger partial charge on any atom is 0.0726 e. The van der Waals surface area contributed by atoms with Crippen LogP contribution in [0.3, 0.4) is 0 Å². The average molecular weight is 172 g/mol. The lowest BCUT2D eigenvalue weighted by Gasteiger charge is -2.29. The number of nitrogens with two attached hydrogens (primary N) is 1. The molecular formula is C9H20N2O. The molecule has 0 aromatic rings. The van der Waals surface area contributed by atoms with Gasteiger partial charge in [0.25, 0.3) is 0 Å². The van der Waals surface area contributed by atoms with E-state index < -0.39 is 0 Å². The lowest BCUT2D eigenvalue weighted by molar-refractivity contribution is 0.0884. The Morgan fingerprint density at radius 3 is 2.83 bits per heavy atom. The third kappa shape index (κ3) is 2.19. The molecule has 0 aromatic heterocycles. The lowest BCUT2D eigenvalue weighted by Crippen LogP contribution is -2.51. The fourth-order valence-electron chi connectivity index (χ4n) is 1.46. The highest BCUT2D eigenvalue weighted by atomic mass is 16.5. The molecule has 3 heteroatoms. The van der Waals surface area contributed by atoms with Gasteiger partial charge in [-0.2, -0.15) is 0 Å². The summed E-state index contributed by atoms with van der Waals surface area (Å²) in [5.41, 5.74) is 5.80. The molecule has 0 spiro atoms. The molecule has 12 heavy (non-hydrogen) atoms. The minimum absolute atomic E-state index is 0.133. The van der Waals surface area contributed by atoms with Crippen LogP contribution in [0.5, 0.6) is 0 Å². The van der Waals surface area contributed by atoms with Gasteiger partial charge in [0.1, 0.15) is 0 Å². The fraction of sp³-hybridized carbons (Fsp3) is 1.00. The molecule has 0 aromatic carbocycles. The topological polar surface area (TPSA) is 47.3 Å². The van der Waals surface area contributed by atoms with Crippen LogP contribution in [0.1, 0.15) is 27.2 Å². The maximum atomic E-state index is 5.67. The minimum Gasteiger partial charge on any atom is -0.377 e. The zero-order valence-electron chi connectivity index (χ0n) is 8.26. The molecule has 1 saturated heterocycles. The monoisotopic (exact) mass is 172 g/mol. The molecule has 0 bridgehead atoms. The Hall–Kier alpha value is -0.120. The van der Waals surface area contributed by atoms with Gasteiger partial charge in [-0.1, -0.05) is 0 Å². The summed E-state index contributed by atoms with van der Waals surface area (Å²) in [6, 6.07) is 0.217. The van der Waals surface area contributed by atoms with E-state index in [9.17, 15) is 0 Å². The van der Waals surface area contributed by atoms with Crippen molar-refractivity contribution in [1.29, 1.82) is 0 Å². The summed E-state index contributed by atoms with van der Waals surface area (Å²) in [4.78, 5) is 0. The van der Waals surface area contributed by atoms with Crippen LogP contribution in [0.15, 0.2) is 0 Å². The Labute approximate surface area is 74.7 Å². The highest BCUT2D eigenvalue weighted by Crippen LogP contribution is 2.24. The predicted molar refractivity (Wildman–Crippen MR) is 50.1 cm³/mol. The van der Waals surface area contributed by atoms with Crippen molar-refractivity contribution in [3.8, 4) is 0 Å². The summed E-state index contributed by atoms with van der Waals surface area (Å²) >= 11 is 0. The van der Waals surface area contributed by atoms with Crippen molar-refractivity contribution in [3.05, 3.63) is 0 Å². The van der Waals surface area contributed by atoms with Gasteiger partial charge in [0.2, 0.25) is 0 Å². The van der Waals surface area contributed by atoms with Crippen LogP contribution >= 0.6 is 0 Å². The number of hydrogen-bond acceptors (Lipinski definition) is 3. The van der Waals surface area contributed by atoms with Gasteiger partial charge in [-0.15, -0.1) is 0 Å². The SMILES string of the molecule is CC1OCCC1(C)NC[C@H](C)N. The Kier molecular flexibility index (Phi) is 3.09. The third-order valence-corrected chi connectivity index (χ3v) is 2.71. The molecule has 3 nitrogen and oxygen atoms in total. The Balaban J connectivity index is 2.37. The highest BCUT2D eigenvalue weighted by molar-refractivity contribution is 4.93. The summed E-state index contributed by atoms with van der Waals surface area (Å²) < 4.78 is 5.50. The first-order chi connectivity index (χ1) is 5.54. The molecule has 1 aliphatic heterocycles. The molecule has 0 amide bonds. The molecule has 0 radical (unpaired) electrons. The van der Waals surface area contributed by atoms with Gasteiger partial charge >= 0.3 is 0 Å². The molecule has 0 saturated carbocycles. The van der Waals surface area contributed by atoms with Gasteiger partial charge in [-0.05, 0) is 27.2 Å². The van der Waals surface area contributed by atoms with Crippen LogP contribution in [0.4, 0.5) is 0 Å². The normalized spacial score (nSPS) is 38.5. The van der Waals surface area contributed by atoms with Gasteiger partial charge in [0.15, 0.2) is 0 Å². The first kappa shape index (κ1) is 9.96. The third-order valence-electron chi connectivity index (χ3n) is 2.71. The van der Waals surface area contributed by atoms with Crippen molar-refractivity contribution in [1.82, 2.24) is 5.32 Å². The molecule has 1 fully saturated rings. The van der Waals surface area contributed by atoms with Crippen molar-refractivity contribution >= 4 is 0 Å². The first-order valence-corrected chi connectivity index (χ1v) is 4.67. The molecule has 1 rings (SSSR count). The van der Waals surface area contributed by atoms with Crippen LogP contribution < -0.4 is 11.1 Å². The van der Waals surface area contributed by atoms with E-state index in [1.165, 1.54) is 0 Å². The number of ether oxygens (including phenoxy) is 1. The van der Waals surface area contributed by atoms with Gasteiger partial charge in [0, 0.05) is 24.7 Å². The number of nitrogens with one attached hydrogen (secondary N) is 1. The zero-order chi connectivity index (χ0) is 9.19. The smallest absolute Gasteiger partial charge is 0.0726 e. The molecule has 3 N–H and O–H groups in total. The van der Waals surface area contributed by atoms with Crippen LogP contribution in [0.2, 0.25) is 0 Å². The van der Waals surface area contributed by atoms with Crippen LogP contribution in [-0.4, -0.2) is 30.8 Å². The molecule has 0 aliphatic carbocycles. The van der Waals surface area contributed by atoms with Crippen molar-refractivity contribution in [3.63, 3.8) is 0 Å². The fourth-order valence-corrected chi connectivity index (χ4v) is 1.46. The van der Waals surface area contributed by atoms with Crippen molar-refractivity contribution in [2.75, 3.05) is 13.2 Å². The zero-order valence-corrected chi connectivity index (χ0v) is 8.26. The summed E-state index contributed by atoms with van der Waals surface area (Å²) in [7, 11) is 0. The van der Waals surface area contributed by atoms with E-state index >= 15 is 0 Å². The highest BCUT2D eigenvalue weighted by Gasteiger charge is 2.36. The van der Waals surface area contributed by atoms with Crippen LogP contribution in [-0.2, 0) is 4.74 Å². The molecule has 72 valence electrons. The summed E-state index contributed by atoms with van der Waals surface area (Å²) in [5.74, 6) is 0. The molecule has 1 heterocycles. The molecule has 3 atom stereocenters. The number of rotatable bonds is 3. The lowest BCUT2D eigenvalue weighted by atomic mass is 9.94. The van der Waals surface area contributed by atoms with E-state index in [0.29, 0.717) is 6.10 Å². The van der Waals surface area contributed by atoms with E-state index in [4.69, 9.17) is 10.5 Å². The summed E-state index contributed by atoms with van der Waals surface area (Å²) in [5, 5.41) is 3.46. The summed E-state index contributed by atoms with van der Waals surface area (Å²) in [6.45, 7) is 8.05. The quantitative estimate of drug-likeness (QED) is 0.651. The van der Waals surface area contributed by atoms with Crippen molar-refractivity contribution < 1.29 is 4.74 Å². The summed E-state index contributed by atoms with van der Waals surface area (Å²) in [6.07, 6.45) is 1.39. The molecule has 2 unspecified atom stereocenters. The van der Waals surface area contributed by atoms with Crippen molar-refractivity contribution in [2.45, 2.75) is 44.9 Å². The van der Waals surface area contributed by atoms with Crippen LogP contribution in [0.25, 0.3) is 0 Å². The van der Waals surface area contributed by atoms with Crippen molar-refractivity contribution in [2.24, 2.45) is 5.73 Å². The minimum atomic E-state index is 0.133. The van der Waals surface area contributed by atoms with E-state index in [2.05, 4.69) is 19.2 Å². The maximum absolute atomic E-state index is 5.67. The van der Waals surface area contributed by atoms with Crippen LogP contribution in [0, 0.1) is 0 Å². The van der Waals surface area contributed by atoms with Gasteiger partial charge < -0.3 is 15.8 Å². The van der Waals surface area contributed by atoms with E-state index in [1.807, 2.05) is 6.92 Å². The second kappa shape index (κ2) is 3.73. The van der Waals surface area contributed by atoms with E-state index in [-0.39, 0.29) is 11.6 Å². The second-order valence-corrected chi connectivity index (χ2v) is 4.04. The second-order valence-electron chi connectivity index (χ2n) is 4.04. The standard InChI is InChI=1S/C9H20N2O/c1-7(10)6-11-9(3)4-5-12-8(9)2/h7-8,11H,4-6,10H2,1-3H3/t7-,8?,9?/m0/s1. The number of hydrogen-bond donors (Lipinski definition) is 2. The predicted octanol–water partition coefficient (Wildman–Crippen LogP) is 0.491. The molecule has 1 aliphatic rings. The Morgan fingerprint density at radius 2 is 2.42 bits per heavy atom. The van der Waals surface area contributed by atoms with E-state index in [1.54, 1.807) is 0 Å². The van der Waals surface area contributed by atoms with Gasteiger partial charge in [-0.3, -0.25) is 0 Å². The average Bonchev–Trinajstić information content (AvgIpc) is 2.30. The van der Waals surface area contributed by atoms with Gasteiger partial charge in [-0.25, -0.2) is 0 Å². The Bertz CT molecular complexity index is 149. The Morgan fingerprint density at radius 1 is 1.75 bits per heavy atom. The largest absolute Gasteiger partial charge is 0.377 e. The molecular weight excluding hydrogens is 152 g/mol. The van der Waals surface area contributed by atoms with Gasteiger partial charge in [0.05, 0.1) is 6.10 Å².